The molecule has 0 atom stereocenters. The molecule has 1 N–H and O–H groups in total. The van der Waals surface area contributed by atoms with Crippen molar-refractivity contribution in [2.24, 2.45) is 0 Å². The zero-order valence-corrected chi connectivity index (χ0v) is 11.2. The summed E-state index contributed by atoms with van der Waals surface area (Å²) < 4.78 is 2.53. The van der Waals surface area contributed by atoms with E-state index < -0.39 is 0 Å². The van der Waals surface area contributed by atoms with Crippen LogP contribution in [0.5, 0.6) is 0 Å². The van der Waals surface area contributed by atoms with Crippen LogP contribution in [0.3, 0.4) is 0 Å². The Balaban J connectivity index is 1.95. The molecule has 0 aliphatic rings. The van der Waals surface area contributed by atoms with Gasteiger partial charge in [-0.15, -0.1) is 16.4 Å². The van der Waals surface area contributed by atoms with Gasteiger partial charge in [-0.25, -0.2) is 14.5 Å². The van der Waals surface area contributed by atoms with Crippen molar-refractivity contribution in [3.05, 3.63) is 39.8 Å². The smallest absolute Gasteiger partial charge is 0.284 e. The Kier molecular flexibility index (Phi) is 2.92. The highest BCUT2D eigenvalue weighted by Gasteiger charge is 2.08. The molecule has 0 saturated carbocycles. The van der Waals surface area contributed by atoms with Crippen molar-refractivity contribution < 1.29 is 0 Å². The van der Waals surface area contributed by atoms with Crippen LogP contribution in [0.4, 0.5) is 0 Å². The fourth-order valence-electron chi connectivity index (χ4n) is 1.65. The average molecular weight is 278 g/mol. The first-order chi connectivity index (χ1) is 8.76. The minimum Gasteiger partial charge on any atom is -0.284 e. The molecule has 92 valence electrons. The topological polar surface area (TPSA) is 63.6 Å². The number of nitrogens with zero attached hydrogens (tertiary/aromatic N) is 3. The molecule has 0 aliphatic heterocycles. The third-order valence-corrected chi connectivity index (χ3v) is 4.07. The molecule has 3 aromatic rings. The second-order valence-corrected chi connectivity index (χ2v) is 5.58. The summed E-state index contributed by atoms with van der Waals surface area (Å²) in [6.07, 6.45) is 1.88. The van der Waals surface area contributed by atoms with E-state index in [9.17, 15) is 4.79 Å². The lowest BCUT2D eigenvalue weighted by molar-refractivity contribution is 0.643. The van der Waals surface area contributed by atoms with Crippen LogP contribution in [0.25, 0.3) is 10.2 Å². The van der Waals surface area contributed by atoms with Crippen molar-refractivity contribution in [3.8, 4) is 0 Å². The fraction of sp³-hybridized carbons (Fsp3) is 0.182. The van der Waals surface area contributed by atoms with Gasteiger partial charge in [0.1, 0.15) is 5.01 Å². The van der Waals surface area contributed by atoms with E-state index in [4.69, 9.17) is 0 Å². The predicted octanol–water partition coefficient (Wildman–Crippen LogP) is 1.95. The second-order valence-electron chi connectivity index (χ2n) is 3.67. The molecule has 0 unspecified atom stereocenters. The number of aromatic amines is 1. The van der Waals surface area contributed by atoms with Gasteiger partial charge in [-0.3, -0.25) is 4.98 Å². The van der Waals surface area contributed by atoms with Crippen LogP contribution in [-0.4, -0.2) is 26.0 Å². The van der Waals surface area contributed by atoms with Gasteiger partial charge in [-0.2, -0.15) is 0 Å². The summed E-state index contributed by atoms with van der Waals surface area (Å²) in [5.74, 6) is 0. The number of nitrogens with one attached hydrogen (secondary N) is 1. The summed E-state index contributed by atoms with van der Waals surface area (Å²) in [5, 5.41) is 5.68. The number of para-hydroxylation sites is 1. The molecule has 1 aromatic carbocycles. The van der Waals surface area contributed by atoms with E-state index in [0.29, 0.717) is 11.7 Å². The van der Waals surface area contributed by atoms with Crippen LogP contribution >= 0.6 is 23.1 Å². The molecule has 2 heterocycles. The zero-order chi connectivity index (χ0) is 12.5. The van der Waals surface area contributed by atoms with Crippen LogP contribution in [0.15, 0.2) is 34.2 Å². The highest BCUT2D eigenvalue weighted by Crippen LogP contribution is 2.21. The highest BCUT2D eigenvalue weighted by atomic mass is 32.2. The number of hydrogen-bond donors (Lipinski definition) is 1. The van der Waals surface area contributed by atoms with Gasteiger partial charge in [0.15, 0.2) is 5.16 Å². The maximum absolute atomic E-state index is 11.6. The standard InChI is InChI=1S/C11H10N4OS2/c1-17-10-13-11(16)15(14-10)6-9-12-7-4-2-3-5-8(7)18-9/h2-5H,6H2,1H3,(H,13,14,16). The third kappa shape index (κ3) is 2.06. The third-order valence-electron chi connectivity index (χ3n) is 2.48. The molecule has 3 rings (SSSR count). The number of hydrogen-bond acceptors (Lipinski definition) is 5. The lowest BCUT2D eigenvalue weighted by Crippen LogP contribution is -2.18. The lowest BCUT2D eigenvalue weighted by atomic mass is 10.3. The molecule has 18 heavy (non-hydrogen) atoms. The Morgan fingerprint density at radius 3 is 3.00 bits per heavy atom. The number of H-pyrrole nitrogens is 1. The first-order valence-electron chi connectivity index (χ1n) is 5.32. The van der Waals surface area contributed by atoms with Gasteiger partial charge in [-0.1, -0.05) is 23.9 Å². The van der Waals surface area contributed by atoms with Gasteiger partial charge in [0.2, 0.25) is 0 Å². The maximum atomic E-state index is 11.6. The number of benzene rings is 1. The Morgan fingerprint density at radius 2 is 2.28 bits per heavy atom. The van der Waals surface area contributed by atoms with Gasteiger partial charge in [0.25, 0.3) is 0 Å². The molecular formula is C11H10N4OS2. The van der Waals surface area contributed by atoms with Crippen molar-refractivity contribution in [3.63, 3.8) is 0 Å². The van der Waals surface area contributed by atoms with Gasteiger partial charge >= 0.3 is 5.69 Å². The summed E-state index contributed by atoms with van der Waals surface area (Å²) in [5.41, 5.74) is 0.768. The Bertz CT molecular complexity index is 710. The quantitative estimate of drug-likeness (QED) is 0.744. The van der Waals surface area contributed by atoms with Gasteiger partial charge in [0.05, 0.1) is 16.8 Å². The summed E-state index contributed by atoms with van der Waals surface area (Å²) >= 11 is 3.00. The van der Waals surface area contributed by atoms with E-state index in [2.05, 4.69) is 15.1 Å². The first kappa shape index (κ1) is 11.5. The van der Waals surface area contributed by atoms with Crippen molar-refractivity contribution in [2.75, 3.05) is 6.26 Å². The van der Waals surface area contributed by atoms with Crippen molar-refractivity contribution in [1.29, 1.82) is 0 Å². The largest absolute Gasteiger partial charge is 0.344 e. The number of aromatic nitrogens is 4. The van der Waals surface area contributed by atoms with Crippen molar-refractivity contribution >= 4 is 33.3 Å². The minimum absolute atomic E-state index is 0.196. The van der Waals surface area contributed by atoms with E-state index in [-0.39, 0.29) is 5.69 Å². The van der Waals surface area contributed by atoms with Crippen LogP contribution in [0, 0.1) is 0 Å². The molecule has 0 amide bonds. The lowest BCUT2D eigenvalue weighted by Gasteiger charge is -1.93. The van der Waals surface area contributed by atoms with E-state index in [1.165, 1.54) is 16.4 Å². The SMILES string of the molecule is CSc1nn(Cc2nc3ccccc3s2)c(=O)[nH]1. The molecule has 0 aliphatic carbocycles. The molecule has 0 spiro atoms. The fourth-order valence-corrected chi connectivity index (χ4v) is 2.97. The molecule has 7 heteroatoms. The van der Waals surface area contributed by atoms with Crippen molar-refractivity contribution in [2.45, 2.75) is 11.7 Å². The number of rotatable bonds is 3. The molecule has 5 nitrogen and oxygen atoms in total. The first-order valence-corrected chi connectivity index (χ1v) is 7.36. The predicted molar refractivity (Wildman–Crippen MR) is 73.4 cm³/mol. The summed E-state index contributed by atoms with van der Waals surface area (Å²) in [6, 6.07) is 7.93. The average Bonchev–Trinajstić information content (AvgIpc) is 2.93. The van der Waals surface area contributed by atoms with E-state index in [1.54, 1.807) is 11.3 Å². The molecule has 2 aromatic heterocycles. The molecule has 0 radical (unpaired) electrons. The number of thiazole rings is 1. The Morgan fingerprint density at radius 1 is 1.44 bits per heavy atom. The van der Waals surface area contributed by atoms with Crippen LogP contribution in [0.1, 0.15) is 5.01 Å². The van der Waals surface area contributed by atoms with Crippen molar-refractivity contribution in [1.82, 2.24) is 19.7 Å². The van der Waals surface area contributed by atoms with E-state index >= 15 is 0 Å². The normalized spacial score (nSPS) is 11.2. The molecule has 0 saturated heterocycles. The highest BCUT2D eigenvalue weighted by molar-refractivity contribution is 7.98. The molecule has 0 bridgehead atoms. The zero-order valence-electron chi connectivity index (χ0n) is 9.58. The second kappa shape index (κ2) is 4.58. The van der Waals surface area contributed by atoms with Gasteiger partial charge in [-0.05, 0) is 18.4 Å². The van der Waals surface area contributed by atoms with Crippen LogP contribution < -0.4 is 5.69 Å². The molecular weight excluding hydrogens is 268 g/mol. The van der Waals surface area contributed by atoms with Gasteiger partial charge < -0.3 is 0 Å². The maximum Gasteiger partial charge on any atom is 0.344 e. The monoisotopic (exact) mass is 278 g/mol. The van der Waals surface area contributed by atoms with Gasteiger partial charge in [0, 0.05) is 0 Å². The van der Waals surface area contributed by atoms with E-state index in [1.807, 2.05) is 30.5 Å². The number of thioether (sulfide) groups is 1. The van der Waals surface area contributed by atoms with Crippen LogP contribution in [0.2, 0.25) is 0 Å². The molecule has 0 fully saturated rings. The Hall–Kier alpha value is -1.60. The summed E-state index contributed by atoms with van der Waals surface area (Å²) in [4.78, 5) is 18.8. The minimum atomic E-state index is -0.196. The summed E-state index contributed by atoms with van der Waals surface area (Å²) in [6.45, 7) is 0.412. The summed E-state index contributed by atoms with van der Waals surface area (Å²) in [7, 11) is 0. The van der Waals surface area contributed by atoms with E-state index in [0.717, 1.165) is 15.2 Å². The number of fused-ring (bicyclic) bond motifs is 1. The van der Waals surface area contributed by atoms with Crippen LogP contribution in [-0.2, 0) is 6.54 Å². The Labute approximate surface area is 111 Å².